The molecule has 0 amide bonds. The predicted octanol–water partition coefficient (Wildman–Crippen LogP) is 3.82. The minimum Gasteiger partial charge on any atom is -0.497 e. The number of rotatable bonds is 2. The van der Waals surface area contributed by atoms with E-state index < -0.39 is 11.7 Å². The highest BCUT2D eigenvalue weighted by molar-refractivity contribution is 5.93. The average molecular weight is 253 g/mol. The molecule has 0 N–H and O–H groups in total. The summed E-state index contributed by atoms with van der Waals surface area (Å²) in [6.45, 7) is 3.07. The normalized spacial score (nSPS) is 11.6. The molecule has 1 heterocycles. The molecule has 18 heavy (non-hydrogen) atoms. The third kappa shape index (κ3) is 2.16. The first kappa shape index (κ1) is 12.4. The lowest BCUT2D eigenvalue weighted by Crippen LogP contribution is -2.11. The van der Waals surface area contributed by atoms with E-state index in [-0.39, 0.29) is 5.69 Å². The molecule has 0 atom stereocenters. The zero-order valence-electron chi connectivity index (χ0n) is 9.58. The van der Waals surface area contributed by atoms with E-state index in [1.165, 1.54) is 13.3 Å². The van der Waals surface area contributed by atoms with E-state index >= 15 is 0 Å². The fraction of sp³-hybridized carbons (Fsp3) is 0.154. The van der Waals surface area contributed by atoms with Crippen molar-refractivity contribution in [1.29, 1.82) is 0 Å². The van der Waals surface area contributed by atoms with Crippen molar-refractivity contribution in [3.63, 3.8) is 0 Å². The fourth-order valence-electron chi connectivity index (χ4n) is 1.66. The lowest BCUT2D eigenvalue weighted by Gasteiger charge is -2.12. The van der Waals surface area contributed by atoms with E-state index in [9.17, 15) is 13.2 Å². The summed E-state index contributed by atoms with van der Waals surface area (Å²) in [6.07, 6.45) is -3.16. The lowest BCUT2D eigenvalue weighted by molar-refractivity contribution is -0.0688. The highest BCUT2D eigenvalue weighted by Gasteiger charge is 2.34. The average Bonchev–Trinajstić information content (AvgIpc) is 2.35. The summed E-state index contributed by atoms with van der Waals surface area (Å²) in [6, 6.07) is 6.43. The van der Waals surface area contributed by atoms with Crippen LogP contribution in [0.3, 0.4) is 0 Å². The number of benzene rings is 1. The number of aromatic nitrogens is 1. The van der Waals surface area contributed by atoms with E-state index in [2.05, 4.69) is 11.6 Å². The molecule has 2 nitrogen and oxygen atoms in total. The van der Waals surface area contributed by atoms with Crippen molar-refractivity contribution in [1.82, 2.24) is 4.98 Å². The molecule has 0 aliphatic heterocycles. The minimum atomic E-state index is -4.48. The Labute approximate surface area is 102 Å². The number of alkyl halides is 3. The molecule has 0 spiro atoms. The number of hydrogen-bond acceptors (Lipinski definition) is 2. The first-order valence-electron chi connectivity index (χ1n) is 5.12. The fourth-order valence-corrected chi connectivity index (χ4v) is 1.66. The van der Waals surface area contributed by atoms with Crippen molar-refractivity contribution in [3.05, 3.63) is 42.7 Å². The van der Waals surface area contributed by atoms with Gasteiger partial charge in [0, 0.05) is 11.6 Å². The Morgan fingerprint density at radius 2 is 2.00 bits per heavy atom. The number of methoxy groups -OCH3 is 1. The maximum absolute atomic E-state index is 12.6. The zero-order valence-corrected chi connectivity index (χ0v) is 9.58. The molecule has 0 saturated carbocycles. The van der Waals surface area contributed by atoms with Crippen LogP contribution in [-0.2, 0) is 0 Å². The van der Waals surface area contributed by atoms with Gasteiger partial charge >= 0.3 is 6.18 Å². The smallest absolute Gasteiger partial charge is 0.417 e. The summed E-state index contributed by atoms with van der Waals surface area (Å²) < 4.78 is 43.0. The van der Waals surface area contributed by atoms with Crippen LogP contribution in [0.1, 0.15) is 5.69 Å². The number of halogens is 3. The SMILES string of the molecule is C=C(c1nccc2cc(OC)ccc12)C(F)(F)F. The molecule has 2 aromatic rings. The van der Waals surface area contributed by atoms with Crippen LogP contribution in [0.25, 0.3) is 16.3 Å². The van der Waals surface area contributed by atoms with E-state index in [1.807, 2.05) is 0 Å². The molecule has 1 aromatic heterocycles. The monoisotopic (exact) mass is 253 g/mol. The maximum Gasteiger partial charge on any atom is 0.417 e. The first-order chi connectivity index (χ1) is 8.43. The van der Waals surface area contributed by atoms with Crippen LogP contribution in [0.5, 0.6) is 5.75 Å². The zero-order chi connectivity index (χ0) is 13.3. The Morgan fingerprint density at radius 3 is 2.61 bits per heavy atom. The first-order valence-corrected chi connectivity index (χ1v) is 5.12. The van der Waals surface area contributed by atoms with Gasteiger partial charge in [-0.25, -0.2) is 0 Å². The largest absolute Gasteiger partial charge is 0.497 e. The van der Waals surface area contributed by atoms with Crippen molar-refractivity contribution >= 4 is 16.3 Å². The van der Waals surface area contributed by atoms with Crippen molar-refractivity contribution in [2.45, 2.75) is 6.18 Å². The molecule has 0 bridgehead atoms. The summed E-state index contributed by atoms with van der Waals surface area (Å²) in [7, 11) is 1.50. The topological polar surface area (TPSA) is 22.1 Å². The third-order valence-electron chi connectivity index (χ3n) is 2.60. The Kier molecular flexibility index (Phi) is 2.98. The second kappa shape index (κ2) is 4.33. The van der Waals surface area contributed by atoms with E-state index in [0.29, 0.717) is 16.5 Å². The highest BCUT2D eigenvalue weighted by Crippen LogP contribution is 2.35. The van der Waals surface area contributed by atoms with Gasteiger partial charge in [0.15, 0.2) is 0 Å². The van der Waals surface area contributed by atoms with E-state index in [0.717, 1.165) is 0 Å². The third-order valence-corrected chi connectivity index (χ3v) is 2.60. The Hall–Kier alpha value is -2.04. The number of fused-ring (bicyclic) bond motifs is 1. The summed E-state index contributed by atoms with van der Waals surface area (Å²) in [4.78, 5) is 3.77. The van der Waals surface area contributed by atoms with Gasteiger partial charge in [-0.3, -0.25) is 4.98 Å². The molecule has 5 heteroatoms. The number of hydrogen-bond donors (Lipinski definition) is 0. The van der Waals surface area contributed by atoms with Crippen molar-refractivity contribution in [2.75, 3.05) is 7.11 Å². The number of allylic oxidation sites excluding steroid dienone is 1. The van der Waals surface area contributed by atoms with Crippen LogP contribution in [0.15, 0.2) is 37.0 Å². The van der Waals surface area contributed by atoms with Crippen LogP contribution < -0.4 is 4.74 Å². The molecule has 94 valence electrons. The molecular formula is C13H10F3NO. The molecule has 0 radical (unpaired) electrons. The van der Waals surface area contributed by atoms with Crippen LogP contribution in [0.4, 0.5) is 13.2 Å². The molecule has 0 fully saturated rings. The van der Waals surface area contributed by atoms with Crippen LogP contribution >= 0.6 is 0 Å². The summed E-state index contributed by atoms with van der Waals surface area (Å²) in [5, 5.41) is 1.03. The Bertz CT molecular complexity index is 605. The van der Waals surface area contributed by atoms with Crippen molar-refractivity contribution in [3.8, 4) is 5.75 Å². The van der Waals surface area contributed by atoms with Gasteiger partial charge in [0.1, 0.15) is 5.75 Å². The standard InChI is InChI=1S/C13H10F3NO/c1-8(13(14,15)16)12-11-4-3-10(18-2)7-9(11)5-6-17-12/h3-7H,1H2,2H3. The van der Waals surface area contributed by atoms with Gasteiger partial charge in [-0.1, -0.05) is 6.58 Å². The molecule has 0 unspecified atom stereocenters. The van der Waals surface area contributed by atoms with Gasteiger partial charge in [0.25, 0.3) is 0 Å². The molecule has 0 saturated heterocycles. The van der Waals surface area contributed by atoms with Gasteiger partial charge in [-0.15, -0.1) is 0 Å². The maximum atomic E-state index is 12.6. The van der Waals surface area contributed by atoms with Crippen molar-refractivity contribution in [2.24, 2.45) is 0 Å². The molecule has 0 aliphatic carbocycles. The molecule has 1 aromatic carbocycles. The number of pyridine rings is 1. The lowest BCUT2D eigenvalue weighted by atomic mass is 10.0. The summed E-state index contributed by atoms with van der Waals surface area (Å²) in [5.41, 5.74) is -1.10. The number of nitrogens with zero attached hydrogens (tertiary/aromatic N) is 1. The van der Waals surface area contributed by atoms with Crippen LogP contribution in [0, 0.1) is 0 Å². The Morgan fingerprint density at radius 1 is 1.28 bits per heavy atom. The Balaban J connectivity index is 2.63. The van der Waals surface area contributed by atoms with Gasteiger partial charge in [0.05, 0.1) is 18.4 Å². The second-order valence-corrected chi connectivity index (χ2v) is 3.72. The van der Waals surface area contributed by atoms with Crippen molar-refractivity contribution < 1.29 is 17.9 Å². The quantitative estimate of drug-likeness (QED) is 0.811. The summed E-state index contributed by atoms with van der Waals surface area (Å²) in [5.74, 6) is 0.581. The van der Waals surface area contributed by atoms with Crippen LogP contribution in [0.2, 0.25) is 0 Å². The minimum absolute atomic E-state index is 0.150. The second-order valence-electron chi connectivity index (χ2n) is 3.72. The van der Waals surface area contributed by atoms with Gasteiger partial charge < -0.3 is 4.74 Å². The van der Waals surface area contributed by atoms with Gasteiger partial charge in [0.2, 0.25) is 0 Å². The van der Waals surface area contributed by atoms with Gasteiger partial charge in [-0.2, -0.15) is 13.2 Å². The molecule has 0 aliphatic rings. The number of ether oxygens (including phenoxy) is 1. The molecular weight excluding hydrogens is 243 g/mol. The van der Waals surface area contributed by atoms with Crippen LogP contribution in [-0.4, -0.2) is 18.3 Å². The van der Waals surface area contributed by atoms with E-state index in [1.54, 1.807) is 24.3 Å². The molecule has 2 rings (SSSR count). The van der Waals surface area contributed by atoms with E-state index in [4.69, 9.17) is 4.74 Å². The van der Waals surface area contributed by atoms with Gasteiger partial charge in [-0.05, 0) is 29.7 Å². The highest BCUT2D eigenvalue weighted by atomic mass is 19.4. The summed E-state index contributed by atoms with van der Waals surface area (Å²) >= 11 is 0. The predicted molar refractivity (Wildman–Crippen MR) is 63.4 cm³/mol.